The molecule has 1 unspecified atom stereocenters. The Balaban J connectivity index is 2.05. The molecule has 4 heteroatoms. The SMILES string of the molecule is CNC(=O)Cc1ccccc1NC1CCN(C)C1. The molecule has 2 rings (SSSR count). The van der Waals surface area contributed by atoms with Gasteiger partial charge in [-0.25, -0.2) is 0 Å². The summed E-state index contributed by atoms with van der Waals surface area (Å²) in [5.41, 5.74) is 2.15. The molecule has 1 saturated heterocycles. The summed E-state index contributed by atoms with van der Waals surface area (Å²) in [5, 5.41) is 6.21. The molecule has 1 aromatic carbocycles. The van der Waals surface area contributed by atoms with Crippen LogP contribution in [-0.4, -0.2) is 44.0 Å². The van der Waals surface area contributed by atoms with Gasteiger partial charge in [0.15, 0.2) is 0 Å². The lowest BCUT2D eigenvalue weighted by atomic mass is 10.1. The highest BCUT2D eigenvalue weighted by atomic mass is 16.1. The second kappa shape index (κ2) is 5.87. The monoisotopic (exact) mass is 247 g/mol. The van der Waals surface area contributed by atoms with E-state index in [1.54, 1.807) is 7.05 Å². The van der Waals surface area contributed by atoms with Gasteiger partial charge >= 0.3 is 0 Å². The molecular weight excluding hydrogens is 226 g/mol. The van der Waals surface area contributed by atoms with Crippen LogP contribution in [0.15, 0.2) is 24.3 Å². The van der Waals surface area contributed by atoms with Crippen LogP contribution in [-0.2, 0) is 11.2 Å². The first-order valence-corrected chi connectivity index (χ1v) is 6.42. The first kappa shape index (κ1) is 12.9. The Morgan fingerprint density at radius 3 is 2.89 bits per heavy atom. The van der Waals surface area contributed by atoms with Gasteiger partial charge in [0.05, 0.1) is 6.42 Å². The standard InChI is InChI=1S/C14H21N3O/c1-15-14(18)9-11-5-3-4-6-13(11)16-12-7-8-17(2)10-12/h3-6,12,16H,7-10H2,1-2H3,(H,15,18). The zero-order chi connectivity index (χ0) is 13.0. The van der Waals surface area contributed by atoms with Crippen molar-refractivity contribution in [3.05, 3.63) is 29.8 Å². The summed E-state index contributed by atoms with van der Waals surface area (Å²) in [7, 11) is 3.81. The van der Waals surface area contributed by atoms with E-state index in [-0.39, 0.29) is 5.91 Å². The molecule has 2 N–H and O–H groups in total. The van der Waals surface area contributed by atoms with E-state index in [0.717, 1.165) is 30.8 Å². The number of nitrogens with zero attached hydrogens (tertiary/aromatic N) is 1. The van der Waals surface area contributed by atoms with Gasteiger partial charge in [-0.15, -0.1) is 0 Å². The molecule has 0 aromatic heterocycles. The van der Waals surface area contributed by atoms with E-state index in [4.69, 9.17) is 0 Å². The van der Waals surface area contributed by atoms with Crippen molar-refractivity contribution in [2.45, 2.75) is 18.9 Å². The van der Waals surface area contributed by atoms with Gasteiger partial charge in [0.25, 0.3) is 0 Å². The van der Waals surface area contributed by atoms with Crippen molar-refractivity contribution in [2.75, 3.05) is 32.5 Å². The largest absolute Gasteiger partial charge is 0.381 e. The summed E-state index contributed by atoms with van der Waals surface area (Å²) in [4.78, 5) is 13.8. The lowest BCUT2D eigenvalue weighted by Crippen LogP contribution is -2.25. The Labute approximate surface area is 108 Å². The molecule has 18 heavy (non-hydrogen) atoms. The van der Waals surface area contributed by atoms with Gasteiger partial charge in [0.2, 0.25) is 5.91 Å². The van der Waals surface area contributed by atoms with Crippen LogP contribution in [0.2, 0.25) is 0 Å². The number of hydrogen-bond acceptors (Lipinski definition) is 3. The van der Waals surface area contributed by atoms with Crippen LogP contribution in [0.25, 0.3) is 0 Å². The minimum absolute atomic E-state index is 0.0489. The number of anilines is 1. The third kappa shape index (κ3) is 3.23. The van der Waals surface area contributed by atoms with Crippen LogP contribution in [0.4, 0.5) is 5.69 Å². The maximum Gasteiger partial charge on any atom is 0.224 e. The minimum atomic E-state index is 0.0489. The Kier molecular flexibility index (Phi) is 4.20. The van der Waals surface area contributed by atoms with Crippen LogP contribution in [0, 0.1) is 0 Å². The second-order valence-corrected chi connectivity index (χ2v) is 4.90. The Hall–Kier alpha value is -1.55. The number of likely N-dealkylation sites (N-methyl/N-ethyl adjacent to an activating group) is 2. The van der Waals surface area contributed by atoms with Crippen molar-refractivity contribution in [3.8, 4) is 0 Å². The molecule has 1 heterocycles. The van der Waals surface area contributed by atoms with Gasteiger partial charge in [0, 0.05) is 25.3 Å². The van der Waals surface area contributed by atoms with Gasteiger partial charge in [-0.05, 0) is 31.6 Å². The molecule has 0 aliphatic carbocycles. The third-order valence-corrected chi connectivity index (χ3v) is 3.40. The molecule has 98 valence electrons. The van der Waals surface area contributed by atoms with Gasteiger partial charge < -0.3 is 15.5 Å². The maximum atomic E-state index is 11.5. The normalized spacial score (nSPS) is 19.8. The molecule has 0 bridgehead atoms. The fourth-order valence-corrected chi connectivity index (χ4v) is 2.35. The summed E-state index contributed by atoms with van der Waals surface area (Å²) < 4.78 is 0. The lowest BCUT2D eigenvalue weighted by molar-refractivity contribution is -0.119. The number of likely N-dealkylation sites (tertiary alicyclic amines) is 1. The zero-order valence-corrected chi connectivity index (χ0v) is 11.1. The van der Waals surface area contributed by atoms with Crippen molar-refractivity contribution in [1.82, 2.24) is 10.2 Å². The molecule has 1 aromatic rings. The minimum Gasteiger partial charge on any atom is -0.381 e. The first-order valence-electron chi connectivity index (χ1n) is 6.42. The molecule has 4 nitrogen and oxygen atoms in total. The Morgan fingerprint density at radius 2 is 2.22 bits per heavy atom. The van der Waals surface area contributed by atoms with Crippen molar-refractivity contribution in [3.63, 3.8) is 0 Å². The van der Waals surface area contributed by atoms with E-state index in [1.807, 2.05) is 18.2 Å². The van der Waals surface area contributed by atoms with Crippen molar-refractivity contribution >= 4 is 11.6 Å². The van der Waals surface area contributed by atoms with Gasteiger partial charge in [-0.1, -0.05) is 18.2 Å². The number of amides is 1. The molecular formula is C14H21N3O. The molecule has 0 radical (unpaired) electrons. The third-order valence-electron chi connectivity index (χ3n) is 3.40. The maximum absolute atomic E-state index is 11.5. The second-order valence-electron chi connectivity index (χ2n) is 4.90. The average molecular weight is 247 g/mol. The van der Waals surface area contributed by atoms with Gasteiger partial charge in [-0.2, -0.15) is 0 Å². The van der Waals surface area contributed by atoms with Crippen LogP contribution in [0.3, 0.4) is 0 Å². The lowest BCUT2D eigenvalue weighted by Gasteiger charge is -2.17. The highest BCUT2D eigenvalue weighted by Gasteiger charge is 2.19. The highest BCUT2D eigenvalue weighted by Crippen LogP contribution is 2.19. The molecule has 1 atom stereocenters. The molecule has 0 saturated carbocycles. The zero-order valence-electron chi connectivity index (χ0n) is 11.1. The number of carbonyl (C=O) groups is 1. The average Bonchev–Trinajstić information content (AvgIpc) is 2.77. The topological polar surface area (TPSA) is 44.4 Å². The van der Waals surface area contributed by atoms with E-state index in [2.05, 4.69) is 28.6 Å². The predicted octanol–water partition coefficient (Wildman–Crippen LogP) is 1.09. The summed E-state index contributed by atoms with van der Waals surface area (Å²) in [6, 6.07) is 8.53. The van der Waals surface area contributed by atoms with Crippen LogP contribution < -0.4 is 10.6 Å². The first-order chi connectivity index (χ1) is 8.69. The van der Waals surface area contributed by atoms with E-state index >= 15 is 0 Å². The molecule has 1 aliphatic heterocycles. The summed E-state index contributed by atoms with van der Waals surface area (Å²) >= 11 is 0. The quantitative estimate of drug-likeness (QED) is 0.837. The number of nitrogens with one attached hydrogen (secondary N) is 2. The van der Waals surface area contributed by atoms with E-state index in [1.165, 1.54) is 0 Å². The Bertz CT molecular complexity index is 419. The predicted molar refractivity (Wildman–Crippen MR) is 73.7 cm³/mol. The summed E-state index contributed by atoms with van der Waals surface area (Å²) in [6.45, 7) is 2.20. The van der Waals surface area contributed by atoms with Crippen LogP contribution >= 0.6 is 0 Å². The number of hydrogen-bond donors (Lipinski definition) is 2. The number of para-hydroxylation sites is 1. The fraction of sp³-hybridized carbons (Fsp3) is 0.500. The number of benzene rings is 1. The molecule has 1 aliphatic rings. The van der Waals surface area contributed by atoms with Crippen molar-refractivity contribution in [2.24, 2.45) is 0 Å². The molecule has 0 spiro atoms. The van der Waals surface area contributed by atoms with E-state index in [9.17, 15) is 4.79 Å². The van der Waals surface area contributed by atoms with Gasteiger partial charge in [0.1, 0.15) is 0 Å². The molecule has 1 amide bonds. The summed E-state index contributed by atoms with van der Waals surface area (Å²) in [6.07, 6.45) is 1.59. The number of carbonyl (C=O) groups excluding carboxylic acids is 1. The summed E-state index contributed by atoms with van der Waals surface area (Å²) in [5.74, 6) is 0.0489. The highest BCUT2D eigenvalue weighted by molar-refractivity contribution is 5.80. The fourth-order valence-electron chi connectivity index (χ4n) is 2.35. The van der Waals surface area contributed by atoms with Crippen LogP contribution in [0.1, 0.15) is 12.0 Å². The van der Waals surface area contributed by atoms with Crippen molar-refractivity contribution in [1.29, 1.82) is 0 Å². The van der Waals surface area contributed by atoms with E-state index in [0.29, 0.717) is 12.5 Å². The van der Waals surface area contributed by atoms with Crippen molar-refractivity contribution < 1.29 is 4.79 Å². The van der Waals surface area contributed by atoms with Crippen LogP contribution in [0.5, 0.6) is 0 Å². The number of rotatable bonds is 4. The smallest absolute Gasteiger partial charge is 0.224 e. The van der Waals surface area contributed by atoms with Gasteiger partial charge in [-0.3, -0.25) is 4.79 Å². The van der Waals surface area contributed by atoms with E-state index < -0.39 is 0 Å². The Morgan fingerprint density at radius 1 is 1.44 bits per heavy atom. The molecule has 1 fully saturated rings.